The van der Waals surface area contributed by atoms with Gasteiger partial charge in [0.05, 0.1) is 0 Å². The van der Waals surface area contributed by atoms with Crippen molar-refractivity contribution in [3.05, 3.63) is 29.8 Å². The fourth-order valence-corrected chi connectivity index (χ4v) is 2.58. The number of hydrogen-bond acceptors (Lipinski definition) is 2. The number of benzene rings is 1. The molecule has 0 fully saturated rings. The van der Waals surface area contributed by atoms with E-state index >= 15 is 0 Å². The highest BCUT2D eigenvalue weighted by molar-refractivity contribution is 5.53. The van der Waals surface area contributed by atoms with E-state index in [-0.39, 0.29) is 0 Å². The van der Waals surface area contributed by atoms with Gasteiger partial charge in [0, 0.05) is 25.3 Å². The fraction of sp³-hybridized carbons (Fsp3) is 0.667. The Morgan fingerprint density at radius 3 is 2.25 bits per heavy atom. The SMILES string of the molecule is CC(C)CNCc1ccccc1N(C)C(C)CC(C)C. The number of rotatable bonds is 8. The second-order valence-corrected chi connectivity index (χ2v) is 6.74. The summed E-state index contributed by atoms with van der Waals surface area (Å²) in [4.78, 5) is 2.42. The van der Waals surface area contributed by atoms with Crippen molar-refractivity contribution >= 4 is 5.69 Å². The Hall–Kier alpha value is -1.02. The van der Waals surface area contributed by atoms with Crippen LogP contribution in [0.25, 0.3) is 0 Å². The Morgan fingerprint density at radius 1 is 1.00 bits per heavy atom. The molecule has 1 N–H and O–H groups in total. The first-order valence-corrected chi connectivity index (χ1v) is 7.93. The lowest BCUT2D eigenvalue weighted by Crippen LogP contribution is -2.31. The largest absolute Gasteiger partial charge is 0.372 e. The van der Waals surface area contributed by atoms with Crippen molar-refractivity contribution < 1.29 is 0 Å². The van der Waals surface area contributed by atoms with Crippen LogP contribution in [0.3, 0.4) is 0 Å². The van der Waals surface area contributed by atoms with Crippen LogP contribution in [0.4, 0.5) is 5.69 Å². The summed E-state index contributed by atoms with van der Waals surface area (Å²) in [5.41, 5.74) is 2.75. The first kappa shape index (κ1) is 17.0. The monoisotopic (exact) mass is 276 g/mol. The van der Waals surface area contributed by atoms with Crippen molar-refractivity contribution in [2.24, 2.45) is 11.8 Å². The van der Waals surface area contributed by atoms with Crippen molar-refractivity contribution in [1.82, 2.24) is 5.32 Å². The van der Waals surface area contributed by atoms with Crippen LogP contribution >= 0.6 is 0 Å². The van der Waals surface area contributed by atoms with E-state index in [1.165, 1.54) is 17.7 Å². The Bertz CT molecular complexity index is 385. The number of nitrogens with one attached hydrogen (secondary N) is 1. The highest BCUT2D eigenvalue weighted by atomic mass is 15.1. The minimum Gasteiger partial charge on any atom is -0.372 e. The van der Waals surface area contributed by atoms with Gasteiger partial charge >= 0.3 is 0 Å². The predicted molar refractivity (Wildman–Crippen MR) is 90.3 cm³/mol. The van der Waals surface area contributed by atoms with Crippen molar-refractivity contribution in [2.75, 3.05) is 18.5 Å². The van der Waals surface area contributed by atoms with Crippen molar-refractivity contribution in [2.45, 2.75) is 53.6 Å². The van der Waals surface area contributed by atoms with E-state index in [9.17, 15) is 0 Å². The van der Waals surface area contributed by atoms with E-state index in [4.69, 9.17) is 0 Å². The van der Waals surface area contributed by atoms with E-state index in [2.05, 4.69) is 76.1 Å². The minimum atomic E-state index is 0.571. The van der Waals surface area contributed by atoms with Crippen molar-refractivity contribution in [1.29, 1.82) is 0 Å². The van der Waals surface area contributed by atoms with Gasteiger partial charge in [0.15, 0.2) is 0 Å². The third-order valence-corrected chi connectivity index (χ3v) is 3.71. The molecule has 2 heteroatoms. The predicted octanol–water partition coefficient (Wildman–Crippen LogP) is 4.30. The van der Waals surface area contributed by atoms with Gasteiger partial charge in [-0.25, -0.2) is 0 Å². The van der Waals surface area contributed by atoms with E-state index in [0.29, 0.717) is 12.0 Å². The number of para-hydroxylation sites is 1. The summed E-state index contributed by atoms with van der Waals surface area (Å²) in [6.45, 7) is 13.4. The molecule has 1 aromatic carbocycles. The van der Waals surface area contributed by atoms with Crippen LogP contribution in [-0.2, 0) is 6.54 Å². The molecule has 0 aliphatic heterocycles. The molecular formula is C18H32N2. The lowest BCUT2D eigenvalue weighted by atomic mass is 10.0. The molecule has 1 unspecified atom stereocenters. The van der Waals surface area contributed by atoms with Gasteiger partial charge in [-0.15, -0.1) is 0 Å². The van der Waals surface area contributed by atoms with E-state index < -0.39 is 0 Å². The van der Waals surface area contributed by atoms with Gasteiger partial charge < -0.3 is 10.2 Å². The van der Waals surface area contributed by atoms with Gasteiger partial charge in [0.2, 0.25) is 0 Å². The molecule has 1 rings (SSSR count). The van der Waals surface area contributed by atoms with Crippen LogP contribution < -0.4 is 10.2 Å². The molecule has 0 aliphatic carbocycles. The lowest BCUT2D eigenvalue weighted by molar-refractivity contribution is 0.502. The highest BCUT2D eigenvalue weighted by Crippen LogP contribution is 2.23. The van der Waals surface area contributed by atoms with E-state index in [0.717, 1.165) is 19.0 Å². The molecule has 0 aromatic heterocycles. The molecule has 0 saturated heterocycles. The Labute approximate surface area is 125 Å². The maximum Gasteiger partial charge on any atom is 0.0411 e. The fourth-order valence-electron chi connectivity index (χ4n) is 2.58. The molecule has 0 aliphatic rings. The van der Waals surface area contributed by atoms with Gasteiger partial charge in [0.25, 0.3) is 0 Å². The zero-order chi connectivity index (χ0) is 15.1. The van der Waals surface area contributed by atoms with Gasteiger partial charge in [-0.05, 0) is 43.4 Å². The van der Waals surface area contributed by atoms with Crippen LogP contribution in [0.5, 0.6) is 0 Å². The van der Waals surface area contributed by atoms with Crippen LogP contribution in [-0.4, -0.2) is 19.6 Å². The highest BCUT2D eigenvalue weighted by Gasteiger charge is 2.14. The summed E-state index contributed by atoms with van der Waals surface area (Å²) in [7, 11) is 2.22. The molecule has 20 heavy (non-hydrogen) atoms. The van der Waals surface area contributed by atoms with Gasteiger partial charge in [-0.3, -0.25) is 0 Å². The van der Waals surface area contributed by atoms with E-state index in [1.807, 2.05) is 0 Å². The zero-order valence-corrected chi connectivity index (χ0v) is 14.1. The maximum absolute atomic E-state index is 3.55. The van der Waals surface area contributed by atoms with Gasteiger partial charge in [-0.1, -0.05) is 45.9 Å². The maximum atomic E-state index is 3.55. The third-order valence-electron chi connectivity index (χ3n) is 3.71. The van der Waals surface area contributed by atoms with Gasteiger partial charge in [0.1, 0.15) is 0 Å². The molecule has 2 nitrogen and oxygen atoms in total. The van der Waals surface area contributed by atoms with Crippen molar-refractivity contribution in [3.8, 4) is 0 Å². The summed E-state index contributed by atoms with van der Waals surface area (Å²) in [6, 6.07) is 9.32. The van der Waals surface area contributed by atoms with Crippen LogP contribution in [0.2, 0.25) is 0 Å². The minimum absolute atomic E-state index is 0.571. The van der Waals surface area contributed by atoms with Crippen LogP contribution in [0.1, 0.15) is 46.6 Å². The van der Waals surface area contributed by atoms with Crippen molar-refractivity contribution in [3.63, 3.8) is 0 Å². The Kier molecular flexibility index (Phi) is 7.08. The number of nitrogens with zero attached hydrogens (tertiary/aromatic N) is 1. The normalized spacial score (nSPS) is 13.0. The summed E-state index contributed by atoms with van der Waals surface area (Å²) < 4.78 is 0. The topological polar surface area (TPSA) is 15.3 Å². The first-order chi connectivity index (χ1) is 9.41. The summed E-state index contributed by atoms with van der Waals surface area (Å²) in [6.07, 6.45) is 1.23. The van der Waals surface area contributed by atoms with Crippen LogP contribution in [0.15, 0.2) is 24.3 Å². The van der Waals surface area contributed by atoms with E-state index in [1.54, 1.807) is 0 Å². The molecule has 0 saturated carbocycles. The Morgan fingerprint density at radius 2 is 1.65 bits per heavy atom. The molecule has 1 aromatic rings. The molecule has 0 heterocycles. The van der Waals surface area contributed by atoms with Crippen LogP contribution in [0, 0.1) is 11.8 Å². The summed E-state index contributed by atoms with van der Waals surface area (Å²) >= 11 is 0. The number of anilines is 1. The Balaban J connectivity index is 2.73. The standard InChI is InChI=1S/C18H32N2/c1-14(2)11-16(5)20(6)18-10-8-7-9-17(18)13-19-12-15(3)4/h7-10,14-16,19H,11-13H2,1-6H3. The molecule has 0 amide bonds. The molecule has 0 spiro atoms. The molecular weight excluding hydrogens is 244 g/mol. The number of hydrogen-bond donors (Lipinski definition) is 1. The second kappa shape index (κ2) is 8.31. The summed E-state index contributed by atoms with van der Waals surface area (Å²) in [5.74, 6) is 1.43. The molecule has 1 atom stereocenters. The quantitative estimate of drug-likeness (QED) is 0.761. The summed E-state index contributed by atoms with van der Waals surface area (Å²) in [5, 5.41) is 3.55. The third kappa shape index (κ3) is 5.54. The zero-order valence-electron chi connectivity index (χ0n) is 14.1. The molecule has 0 radical (unpaired) electrons. The lowest BCUT2D eigenvalue weighted by Gasteiger charge is -2.30. The second-order valence-electron chi connectivity index (χ2n) is 6.74. The smallest absolute Gasteiger partial charge is 0.0411 e. The first-order valence-electron chi connectivity index (χ1n) is 7.93. The molecule has 114 valence electrons. The van der Waals surface area contributed by atoms with Gasteiger partial charge in [-0.2, -0.15) is 0 Å². The molecule has 0 bridgehead atoms. The average Bonchev–Trinajstić information content (AvgIpc) is 2.37. The average molecular weight is 276 g/mol.